The maximum atomic E-state index is 10.2. The normalized spacial score (nSPS) is 12.4. The zero-order valence-electron chi connectivity index (χ0n) is 9.73. The molecule has 0 spiro atoms. The molecule has 2 aromatic carbocycles. The van der Waals surface area contributed by atoms with Crippen LogP contribution in [0, 0.1) is 0 Å². The molecule has 1 nitrogen and oxygen atoms in total. The van der Waals surface area contributed by atoms with Crippen molar-refractivity contribution in [3.63, 3.8) is 0 Å². The third-order valence-electron chi connectivity index (χ3n) is 2.89. The van der Waals surface area contributed by atoms with Crippen LogP contribution in [0.1, 0.15) is 29.7 Å². The fourth-order valence-corrected chi connectivity index (χ4v) is 2.04. The van der Waals surface area contributed by atoms with Crippen LogP contribution in [0.5, 0.6) is 0 Å². The summed E-state index contributed by atoms with van der Waals surface area (Å²) in [7, 11) is 0. The van der Waals surface area contributed by atoms with E-state index in [0.717, 1.165) is 22.0 Å². The van der Waals surface area contributed by atoms with Gasteiger partial charge in [0.05, 0.1) is 0 Å². The highest BCUT2D eigenvalue weighted by molar-refractivity contribution is 9.10. The predicted octanol–water partition coefficient (Wildman–Crippen LogP) is 4.09. The number of rotatable bonds is 3. The van der Waals surface area contributed by atoms with Crippen LogP contribution in [-0.2, 0) is 6.42 Å². The maximum absolute atomic E-state index is 10.2. The van der Waals surface area contributed by atoms with Crippen LogP contribution < -0.4 is 0 Å². The summed E-state index contributed by atoms with van der Waals surface area (Å²) in [5.41, 5.74) is 3.14. The van der Waals surface area contributed by atoms with Gasteiger partial charge in [-0.1, -0.05) is 59.3 Å². The van der Waals surface area contributed by atoms with E-state index in [0.29, 0.717) is 0 Å². The topological polar surface area (TPSA) is 20.2 Å². The van der Waals surface area contributed by atoms with Crippen LogP contribution in [0.15, 0.2) is 53.0 Å². The molecule has 2 rings (SSSR count). The molecule has 17 heavy (non-hydrogen) atoms. The minimum atomic E-state index is -0.547. The van der Waals surface area contributed by atoms with Crippen molar-refractivity contribution in [1.82, 2.24) is 0 Å². The number of benzene rings is 2. The van der Waals surface area contributed by atoms with Crippen molar-refractivity contribution in [2.75, 3.05) is 0 Å². The predicted molar refractivity (Wildman–Crippen MR) is 74.0 cm³/mol. The number of hydrogen-bond donors (Lipinski definition) is 1. The highest BCUT2D eigenvalue weighted by Gasteiger charge is 2.09. The van der Waals surface area contributed by atoms with Gasteiger partial charge >= 0.3 is 0 Å². The first-order chi connectivity index (χ1) is 8.20. The number of aryl methyl sites for hydroxylation is 1. The lowest BCUT2D eigenvalue weighted by atomic mass is 10.00. The summed E-state index contributed by atoms with van der Waals surface area (Å²) in [6.45, 7) is 2.13. The molecule has 2 aromatic rings. The lowest BCUT2D eigenvalue weighted by Gasteiger charge is -2.12. The minimum absolute atomic E-state index is 0.547. The molecule has 0 heterocycles. The van der Waals surface area contributed by atoms with Gasteiger partial charge in [0.25, 0.3) is 0 Å². The smallest absolute Gasteiger partial charge is 0.104 e. The fourth-order valence-electron chi connectivity index (χ4n) is 1.77. The Bertz CT molecular complexity index is 473. The molecule has 2 heteroatoms. The average Bonchev–Trinajstić information content (AvgIpc) is 2.39. The molecule has 0 amide bonds. The Morgan fingerprint density at radius 3 is 1.88 bits per heavy atom. The second kappa shape index (κ2) is 5.48. The quantitative estimate of drug-likeness (QED) is 0.903. The summed E-state index contributed by atoms with van der Waals surface area (Å²) in [6.07, 6.45) is 0.475. The first-order valence-electron chi connectivity index (χ1n) is 5.73. The van der Waals surface area contributed by atoms with Gasteiger partial charge < -0.3 is 5.11 Å². The van der Waals surface area contributed by atoms with Crippen LogP contribution in [0.3, 0.4) is 0 Å². The molecule has 0 aliphatic heterocycles. The van der Waals surface area contributed by atoms with Crippen molar-refractivity contribution >= 4 is 15.9 Å². The van der Waals surface area contributed by atoms with E-state index in [1.807, 2.05) is 36.4 Å². The largest absolute Gasteiger partial charge is 0.384 e. The van der Waals surface area contributed by atoms with E-state index >= 15 is 0 Å². The van der Waals surface area contributed by atoms with Crippen molar-refractivity contribution in [2.24, 2.45) is 0 Å². The van der Waals surface area contributed by atoms with Gasteiger partial charge in [-0.15, -0.1) is 0 Å². The van der Waals surface area contributed by atoms with E-state index in [1.165, 1.54) is 5.56 Å². The van der Waals surface area contributed by atoms with Crippen molar-refractivity contribution < 1.29 is 5.11 Å². The lowest BCUT2D eigenvalue weighted by molar-refractivity contribution is 0.220. The van der Waals surface area contributed by atoms with Crippen molar-refractivity contribution in [3.8, 4) is 0 Å². The van der Waals surface area contributed by atoms with Crippen LogP contribution in [-0.4, -0.2) is 5.11 Å². The van der Waals surface area contributed by atoms with Gasteiger partial charge in [0.1, 0.15) is 6.10 Å². The number of aliphatic hydroxyl groups excluding tert-OH is 1. The number of aliphatic hydroxyl groups is 1. The average molecular weight is 291 g/mol. The van der Waals surface area contributed by atoms with Gasteiger partial charge in [0.15, 0.2) is 0 Å². The molecule has 88 valence electrons. The van der Waals surface area contributed by atoms with Crippen LogP contribution >= 0.6 is 15.9 Å². The highest BCUT2D eigenvalue weighted by atomic mass is 79.9. The Kier molecular flexibility index (Phi) is 3.97. The molecule has 0 aliphatic carbocycles. The third-order valence-corrected chi connectivity index (χ3v) is 3.42. The summed E-state index contributed by atoms with van der Waals surface area (Å²) >= 11 is 3.39. The standard InChI is InChI=1S/C15H15BrO/c1-2-11-3-5-12(6-4-11)15(17)13-7-9-14(16)10-8-13/h3-10,15,17H,2H2,1H3/t15-/m1/s1. The van der Waals surface area contributed by atoms with Crippen molar-refractivity contribution in [3.05, 3.63) is 69.7 Å². The van der Waals surface area contributed by atoms with Gasteiger partial charge in [0, 0.05) is 4.47 Å². The third kappa shape index (κ3) is 2.96. The first kappa shape index (κ1) is 12.3. The molecular formula is C15H15BrO. The molecule has 0 aliphatic rings. The number of halogens is 1. The van der Waals surface area contributed by atoms with E-state index in [9.17, 15) is 5.11 Å². The first-order valence-corrected chi connectivity index (χ1v) is 6.52. The Morgan fingerprint density at radius 1 is 0.941 bits per heavy atom. The summed E-state index contributed by atoms with van der Waals surface area (Å²) in [5, 5.41) is 10.2. The fraction of sp³-hybridized carbons (Fsp3) is 0.200. The van der Waals surface area contributed by atoms with E-state index in [-0.39, 0.29) is 0 Å². The molecule has 0 saturated heterocycles. The lowest BCUT2D eigenvalue weighted by Crippen LogP contribution is -1.99. The van der Waals surface area contributed by atoms with E-state index in [1.54, 1.807) is 0 Å². The zero-order chi connectivity index (χ0) is 12.3. The second-order valence-electron chi connectivity index (χ2n) is 4.05. The van der Waals surface area contributed by atoms with Crippen LogP contribution in [0.2, 0.25) is 0 Å². The molecule has 0 radical (unpaired) electrons. The maximum Gasteiger partial charge on any atom is 0.104 e. The van der Waals surface area contributed by atoms with Gasteiger partial charge in [-0.3, -0.25) is 0 Å². The van der Waals surface area contributed by atoms with Gasteiger partial charge in [-0.25, -0.2) is 0 Å². The molecule has 0 unspecified atom stereocenters. The van der Waals surface area contributed by atoms with E-state index < -0.39 is 6.10 Å². The monoisotopic (exact) mass is 290 g/mol. The Morgan fingerprint density at radius 2 is 1.41 bits per heavy atom. The summed E-state index contributed by atoms with van der Waals surface area (Å²) in [5.74, 6) is 0. The summed E-state index contributed by atoms with van der Waals surface area (Å²) < 4.78 is 1.02. The van der Waals surface area contributed by atoms with Gasteiger partial charge in [-0.05, 0) is 35.2 Å². The van der Waals surface area contributed by atoms with Crippen molar-refractivity contribution in [1.29, 1.82) is 0 Å². The molecule has 0 saturated carbocycles. The zero-order valence-corrected chi connectivity index (χ0v) is 11.3. The van der Waals surface area contributed by atoms with Crippen LogP contribution in [0.4, 0.5) is 0 Å². The minimum Gasteiger partial charge on any atom is -0.384 e. The summed E-state index contributed by atoms with van der Waals surface area (Å²) in [6, 6.07) is 15.9. The Hall–Kier alpha value is -1.12. The van der Waals surface area contributed by atoms with E-state index in [2.05, 4.69) is 35.0 Å². The molecule has 1 N–H and O–H groups in total. The van der Waals surface area contributed by atoms with Gasteiger partial charge in [0.2, 0.25) is 0 Å². The molecule has 0 aromatic heterocycles. The van der Waals surface area contributed by atoms with Gasteiger partial charge in [-0.2, -0.15) is 0 Å². The Labute approximate surface area is 110 Å². The number of hydrogen-bond acceptors (Lipinski definition) is 1. The van der Waals surface area contributed by atoms with Crippen LogP contribution in [0.25, 0.3) is 0 Å². The SMILES string of the molecule is CCc1ccc([C@@H](O)c2ccc(Br)cc2)cc1. The van der Waals surface area contributed by atoms with Crippen molar-refractivity contribution in [2.45, 2.75) is 19.4 Å². The Balaban J connectivity index is 2.23. The molecule has 0 fully saturated rings. The highest BCUT2D eigenvalue weighted by Crippen LogP contribution is 2.23. The second-order valence-corrected chi connectivity index (χ2v) is 4.96. The molecule has 0 bridgehead atoms. The molecule has 1 atom stereocenters. The van der Waals surface area contributed by atoms with E-state index in [4.69, 9.17) is 0 Å². The molecular weight excluding hydrogens is 276 g/mol. The summed E-state index contributed by atoms with van der Waals surface area (Å²) in [4.78, 5) is 0.